The summed E-state index contributed by atoms with van der Waals surface area (Å²) in [5, 5.41) is 28.5. The summed E-state index contributed by atoms with van der Waals surface area (Å²) in [4.78, 5) is 16.0. The molecule has 4 aromatic rings. The minimum atomic E-state index is -0.453. The lowest BCUT2D eigenvalue weighted by Gasteiger charge is -2.02. The lowest BCUT2D eigenvalue weighted by atomic mass is 10.2. The van der Waals surface area contributed by atoms with E-state index in [1.165, 1.54) is 28.8 Å². The van der Waals surface area contributed by atoms with E-state index in [1.54, 1.807) is 23.5 Å². The van der Waals surface area contributed by atoms with Crippen molar-refractivity contribution in [3.63, 3.8) is 0 Å². The number of thiophene rings is 1. The Morgan fingerprint density at radius 3 is 2.82 bits per heavy atom. The van der Waals surface area contributed by atoms with Gasteiger partial charge in [-0.2, -0.15) is 0 Å². The molecule has 1 N–H and O–H groups in total. The van der Waals surface area contributed by atoms with Crippen LogP contribution in [0.3, 0.4) is 0 Å². The highest BCUT2D eigenvalue weighted by molar-refractivity contribution is 7.99. The molecule has 1 aromatic carbocycles. The second kappa shape index (κ2) is 7.90. The van der Waals surface area contributed by atoms with Crippen molar-refractivity contribution in [3.05, 3.63) is 68.5 Å². The minimum Gasteiger partial charge on any atom is -0.419 e. The van der Waals surface area contributed by atoms with E-state index in [0.717, 1.165) is 5.82 Å². The highest BCUT2D eigenvalue weighted by Crippen LogP contribution is 2.33. The van der Waals surface area contributed by atoms with Gasteiger partial charge in [-0.05, 0) is 30.5 Å². The van der Waals surface area contributed by atoms with Crippen LogP contribution in [0.2, 0.25) is 0 Å². The molecule has 9 nitrogen and oxygen atoms in total. The third kappa shape index (κ3) is 4.10. The fourth-order valence-electron chi connectivity index (χ4n) is 2.44. The smallest absolute Gasteiger partial charge is 0.269 e. The molecule has 0 bridgehead atoms. The number of thioether (sulfide) groups is 1. The lowest BCUT2D eigenvalue weighted by Crippen LogP contribution is -1.90. The summed E-state index contributed by atoms with van der Waals surface area (Å²) in [5.74, 6) is 1.54. The van der Waals surface area contributed by atoms with Gasteiger partial charge in [-0.1, -0.05) is 17.8 Å². The van der Waals surface area contributed by atoms with Crippen molar-refractivity contribution in [2.45, 2.75) is 23.8 Å². The zero-order valence-corrected chi connectivity index (χ0v) is 16.2. The number of non-ortho nitro benzene ring substituents is 1. The summed E-state index contributed by atoms with van der Waals surface area (Å²) < 4.78 is 5.72. The first kappa shape index (κ1) is 18.3. The number of aromatic nitrogens is 5. The highest BCUT2D eigenvalue weighted by Gasteiger charge is 2.19. The molecule has 4 rings (SSSR count). The van der Waals surface area contributed by atoms with Crippen molar-refractivity contribution in [2.75, 3.05) is 0 Å². The molecule has 142 valence electrons. The Hall–Kier alpha value is -3.05. The third-order valence-electron chi connectivity index (χ3n) is 3.83. The van der Waals surface area contributed by atoms with Crippen molar-refractivity contribution in [3.8, 4) is 11.5 Å². The van der Waals surface area contributed by atoms with E-state index in [-0.39, 0.29) is 10.9 Å². The maximum absolute atomic E-state index is 10.7. The van der Waals surface area contributed by atoms with Crippen molar-refractivity contribution < 1.29 is 9.34 Å². The predicted octanol–water partition coefficient (Wildman–Crippen LogP) is 4.27. The van der Waals surface area contributed by atoms with Crippen LogP contribution in [0.1, 0.15) is 28.8 Å². The Kier molecular flexibility index (Phi) is 5.17. The van der Waals surface area contributed by atoms with E-state index in [0.29, 0.717) is 28.9 Å². The van der Waals surface area contributed by atoms with E-state index in [9.17, 15) is 10.1 Å². The van der Waals surface area contributed by atoms with E-state index in [1.807, 2.05) is 18.4 Å². The summed E-state index contributed by atoms with van der Waals surface area (Å²) >= 11 is 3.09. The highest BCUT2D eigenvalue weighted by atomic mass is 32.2. The molecule has 0 aliphatic carbocycles. The quantitative estimate of drug-likeness (QED) is 0.270. The predicted molar refractivity (Wildman–Crippen MR) is 104 cm³/mol. The Morgan fingerprint density at radius 1 is 1.29 bits per heavy atom. The molecule has 28 heavy (non-hydrogen) atoms. The fraction of sp³-hybridized carbons (Fsp3) is 0.176. The molecule has 0 saturated carbocycles. The standard InChI is InChI=1S/C17H14N6O3S2/c1-10(28-17-18-14(19-22-17)9-13-3-2-8-27-13)15-20-21-16(26-15)11-4-6-12(7-5-11)23(24)25/h2-8,10H,9H2,1H3,(H,18,19,22). The van der Waals surface area contributed by atoms with Crippen molar-refractivity contribution in [2.24, 2.45) is 0 Å². The molecule has 0 aliphatic heterocycles. The molecule has 3 aromatic heterocycles. The first-order valence-corrected chi connectivity index (χ1v) is 10.0. The molecule has 0 spiro atoms. The average molecular weight is 414 g/mol. The number of hydrogen-bond donors (Lipinski definition) is 1. The number of rotatable bonds is 7. The van der Waals surface area contributed by atoms with Crippen LogP contribution in [0.4, 0.5) is 5.69 Å². The maximum atomic E-state index is 10.7. The summed E-state index contributed by atoms with van der Waals surface area (Å²) in [7, 11) is 0. The maximum Gasteiger partial charge on any atom is 0.269 e. The lowest BCUT2D eigenvalue weighted by molar-refractivity contribution is -0.384. The van der Waals surface area contributed by atoms with Crippen LogP contribution in [-0.4, -0.2) is 30.3 Å². The first-order valence-electron chi connectivity index (χ1n) is 8.27. The minimum absolute atomic E-state index is 0.00960. The number of nitrogens with zero attached hydrogens (tertiary/aromatic N) is 5. The van der Waals surface area contributed by atoms with Gasteiger partial charge in [0.1, 0.15) is 5.82 Å². The number of H-pyrrole nitrogens is 1. The van der Waals surface area contributed by atoms with Crippen molar-refractivity contribution in [1.29, 1.82) is 0 Å². The largest absolute Gasteiger partial charge is 0.419 e. The van der Waals surface area contributed by atoms with Gasteiger partial charge in [0.15, 0.2) is 0 Å². The van der Waals surface area contributed by atoms with E-state index >= 15 is 0 Å². The monoisotopic (exact) mass is 414 g/mol. The van der Waals surface area contributed by atoms with E-state index in [4.69, 9.17) is 4.42 Å². The molecule has 0 amide bonds. The first-order chi connectivity index (χ1) is 13.6. The SMILES string of the molecule is CC(Sc1n[nH]c(Cc2cccs2)n1)c1nnc(-c2ccc([N+](=O)[O-])cc2)o1. The summed E-state index contributed by atoms with van der Waals surface area (Å²) in [6.45, 7) is 1.92. The van der Waals surface area contributed by atoms with Crippen LogP contribution in [0.25, 0.3) is 11.5 Å². The van der Waals surface area contributed by atoms with E-state index < -0.39 is 4.92 Å². The van der Waals surface area contributed by atoms with Gasteiger partial charge in [0.05, 0.1) is 10.2 Å². The number of nitro groups is 1. The van der Waals surface area contributed by atoms with E-state index in [2.05, 4.69) is 31.4 Å². The topological polar surface area (TPSA) is 124 Å². The summed E-state index contributed by atoms with van der Waals surface area (Å²) in [6.07, 6.45) is 0.713. The van der Waals surface area contributed by atoms with Crippen LogP contribution < -0.4 is 0 Å². The van der Waals surface area contributed by atoms with Gasteiger partial charge in [0.2, 0.25) is 16.9 Å². The Labute approximate surface area is 167 Å². The molecule has 0 aliphatic rings. The Bertz CT molecular complexity index is 1070. The van der Waals surface area contributed by atoms with Crippen LogP contribution in [0.5, 0.6) is 0 Å². The van der Waals surface area contributed by atoms with Gasteiger partial charge in [0.25, 0.3) is 5.69 Å². The number of hydrogen-bond acceptors (Lipinski definition) is 9. The van der Waals surface area contributed by atoms with Crippen molar-refractivity contribution >= 4 is 28.8 Å². The summed E-state index contributed by atoms with van der Waals surface area (Å²) in [6, 6.07) is 10.0. The fourth-order valence-corrected chi connectivity index (χ4v) is 3.92. The van der Waals surface area contributed by atoms with Crippen LogP contribution in [-0.2, 0) is 6.42 Å². The van der Waals surface area contributed by atoms with Crippen LogP contribution in [0, 0.1) is 10.1 Å². The molecular weight excluding hydrogens is 400 g/mol. The zero-order chi connectivity index (χ0) is 19.5. The van der Waals surface area contributed by atoms with Gasteiger partial charge in [-0.25, -0.2) is 4.98 Å². The van der Waals surface area contributed by atoms with Gasteiger partial charge >= 0.3 is 0 Å². The normalized spacial score (nSPS) is 12.2. The molecule has 1 unspecified atom stereocenters. The second-order valence-electron chi connectivity index (χ2n) is 5.83. The van der Waals surface area contributed by atoms with Gasteiger partial charge in [-0.15, -0.1) is 26.6 Å². The number of nitro benzene ring substituents is 1. The third-order valence-corrected chi connectivity index (χ3v) is 5.65. The average Bonchev–Trinajstić information content (AvgIpc) is 3.44. The number of nitrogens with one attached hydrogen (secondary N) is 1. The van der Waals surface area contributed by atoms with Crippen molar-refractivity contribution in [1.82, 2.24) is 25.4 Å². The van der Waals surface area contributed by atoms with Gasteiger partial charge in [-0.3, -0.25) is 15.2 Å². The van der Waals surface area contributed by atoms with Crippen LogP contribution >= 0.6 is 23.1 Å². The molecule has 0 radical (unpaired) electrons. The molecule has 0 saturated heterocycles. The Morgan fingerprint density at radius 2 is 2.11 bits per heavy atom. The molecular formula is C17H14N6O3S2. The molecule has 0 fully saturated rings. The number of benzene rings is 1. The number of aromatic amines is 1. The molecule has 11 heteroatoms. The van der Waals surface area contributed by atoms with Crippen LogP contribution in [0.15, 0.2) is 51.4 Å². The van der Waals surface area contributed by atoms with Gasteiger partial charge in [0, 0.05) is 29.0 Å². The zero-order valence-electron chi connectivity index (χ0n) is 14.6. The molecule has 3 heterocycles. The summed E-state index contributed by atoms with van der Waals surface area (Å²) in [5.41, 5.74) is 0.632. The van der Waals surface area contributed by atoms with Gasteiger partial charge < -0.3 is 4.42 Å². The molecule has 1 atom stereocenters. The second-order valence-corrected chi connectivity index (χ2v) is 8.17. The Balaban J connectivity index is 1.42.